The van der Waals surface area contributed by atoms with Gasteiger partial charge in [0.05, 0.1) is 31.5 Å². The number of hydrogen-bond acceptors (Lipinski definition) is 8. The van der Waals surface area contributed by atoms with Crippen LogP contribution in [0.2, 0.25) is 0 Å². The van der Waals surface area contributed by atoms with Crippen molar-refractivity contribution in [1.29, 1.82) is 0 Å². The van der Waals surface area contributed by atoms with E-state index >= 15 is 0 Å². The van der Waals surface area contributed by atoms with Crippen molar-refractivity contribution in [3.05, 3.63) is 81.1 Å². The maximum absolute atomic E-state index is 14.2. The standard InChI is InChI=1S/C25H21FN2O6S/c1-12-10-15(8-9-17(12)33-3)20(29)18-19(14-6-5-7-16(26)11-14)28(23(31)21(18)30)25-27-13(2)22(35-25)24(32)34-4/h5-11,19,29H,1-4H3/b20-18+/t19-/m0/s1. The third-order valence-corrected chi connectivity index (χ3v) is 6.78. The predicted octanol–water partition coefficient (Wildman–Crippen LogP) is 4.32. The fourth-order valence-electron chi connectivity index (χ4n) is 3.97. The lowest BCUT2D eigenvalue weighted by Gasteiger charge is -2.23. The Labute approximate surface area is 204 Å². The van der Waals surface area contributed by atoms with Gasteiger partial charge < -0.3 is 14.6 Å². The van der Waals surface area contributed by atoms with Crippen LogP contribution in [0.15, 0.2) is 48.0 Å². The van der Waals surface area contributed by atoms with E-state index in [4.69, 9.17) is 9.47 Å². The van der Waals surface area contributed by atoms with Gasteiger partial charge in [-0.15, -0.1) is 0 Å². The number of carbonyl (C=O) groups is 3. The van der Waals surface area contributed by atoms with E-state index in [0.29, 0.717) is 17.0 Å². The molecule has 1 aromatic heterocycles. The van der Waals surface area contributed by atoms with Gasteiger partial charge >= 0.3 is 11.9 Å². The second-order valence-corrected chi connectivity index (χ2v) is 8.79. The zero-order valence-corrected chi connectivity index (χ0v) is 20.1. The number of rotatable bonds is 5. The molecule has 180 valence electrons. The van der Waals surface area contributed by atoms with Gasteiger partial charge in [-0.3, -0.25) is 14.5 Å². The predicted molar refractivity (Wildman–Crippen MR) is 127 cm³/mol. The van der Waals surface area contributed by atoms with Gasteiger partial charge in [-0.05, 0) is 55.3 Å². The summed E-state index contributed by atoms with van der Waals surface area (Å²) in [6.45, 7) is 3.34. The number of benzene rings is 2. The van der Waals surface area contributed by atoms with E-state index in [1.165, 1.54) is 32.4 Å². The maximum atomic E-state index is 14.2. The molecular formula is C25H21FN2O6S. The Morgan fingerprint density at radius 3 is 2.51 bits per heavy atom. The number of aromatic nitrogens is 1. The Morgan fingerprint density at radius 2 is 1.89 bits per heavy atom. The number of carbonyl (C=O) groups excluding carboxylic acids is 3. The van der Waals surface area contributed by atoms with Crippen molar-refractivity contribution in [2.45, 2.75) is 19.9 Å². The quantitative estimate of drug-likeness (QED) is 0.243. The van der Waals surface area contributed by atoms with E-state index in [1.807, 2.05) is 0 Å². The van der Waals surface area contributed by atoms with Crippen LogP contribution in [0.4, 0.5) is 9.52 Å². The Morgan fingerprint density at radius 1 is 1.14 bits per heavy atom. The average Bonchev–Trinajstić information content (AvgIpc) is 3.34. The molecule has 1 aliphatic heterocycles. The lowest BCUT2D eigenvalue weighted by molar-refractivity contribution is -0.132. The monoisotopic (exact) mass is 496 g/mol. The molecule has 4 rings (SSSR count). The van der Waals surface area contributed by atoms with Crippen molar-refractivity contribution in [2.75, 3.05) is 19.1 Å². The molecule has 0 bridgehead atoms. The lowest BCUT2D eigenvalue weighted by Crippen LogP contribution is -2.29. The highest BCUT2D eigenvalue weighted by atomic mass is 32.1. The molecule has 2 aromatic carbocycles. The molecular weight excluding hydrogens is 475 g/mol. The summed E-state index contributed by atoms with van der Waals surface area (Å²) in [6.07, 6.45) is 0. The number of nitrogens with zero attached hydrogens (tertiary/aromatic N) is 2. The van der Waals surface area contributed by atoms with Crippen LogP contribution in [-0.2, 0) is 14.3 Å². The molecule has 3 aromatic rings. The van der Waals surface area contributed by atoms with Crippen LogP contribution in [0.3, 0.4) is 0 Å². The topological polar surface area (TPSA) is 106 Å². The van der Waals surface area contributed by atoms with Gasteiger partial charge in [-0.2, -0.15) is 0 Å². The van der Waals surface area contributed by atoms with Crippen molar-refractivity contribution < 1.29 is 33.4 Å². The molecule has 1 aliphatic rings. The fraction of sp³-hybridized carbons (Fsp3) is 0.200. The van der Waals surface area contributed by atoms with Crippen molar-refractivity contribution in [3.63, 3.8) is 0 Å². The molecule has 10 heteroatoms. The molecule has 8 nitrogen and oxygen atoms in total. The molecule has 0 saturated carbocycles. The van der Waals surface area contributed by atoms with Crippen LogP contribution in [0.25, 0.3) is 5.76 Å². The Hall–Kier alpha value is -4.05. The van der Waals surface area contributed by atoms with Gasteiger partial charge in [-0.25, -0.2) is 14.2 Å². The number of aliphatic hydroxyl groups is 1. The van der Waals surface area contributed by atoms with Crippen molar-refractivity contribution in [2.24, 2.45) is 0 Å². The first-order chi connectivity index (χ1) is 16.7. The number of ether oxygens (including phenoxy) is 2. The normalized spacial score (nSPS) is 17.1. The fourth-order valence-corrected chi connectivity index (χ4v) is 4.98. The third kappa shape index (κ3) is 4.17. The number of anilines is 1. The Balaban J connectivity index is 1.94. The van der Waals surface area contributed by atoms with Gasteiger partial charge in [0, 0.05) is 5.56 Å². The summed E-state index contributed by atoms with van der Waals surface area (Å²) in [6, 6.07) is 9.01. The van der Waals surface area contributed by atoms with Crippen molar-refractivity contribution >= 4 is 39.9 Å². The van der Waals surface area contributed by atoms with E-state index in [1.54, 1.807) is 38.1 Å². The summed E-state index contributed by atoms with van der Waals surface area (Å²) in [7, 11) is 2.73. The molecule has 1 saturated heterocycles. The first-order valence-electron chi connectivity index (χ1n) is 10.4. The first-order valence-corrected chi connectivity index (χ1v) is 11.3. The molecule has 0 unspecified atom stereocenters. The average molecular weight is 497 g/mol. The number of hydrogen-bond donors (Lipinski definition) is 1. The van der Waals surface area contributed by atoms with E-state index < -0.39 is 35.3 Å². The highest BCUT2D eigenvalue weighted by molar-refractivity contribution is 7.17. The van der Waals surface area contributed by atoms with Gasteiger partial charge in [-0.1, -0.05) is 23.5 Å². The van der Waals surface area contributed by atoms with Gasteiger partial charge in [0.2, 0.25) is 0 Å². The molecule has 1 atom stereocenters. The molecule has 0 spiro atoms. The largest absolute Gasteiger partial charge is 0.507 e. The minimum Gasteiger partial charge on any atom is -0.507 e. The van der Waals surface area contributed by atoms with E-state index in [-0.39, 0.29) is 26.7 Å². The van der Waals surface area contributed by atoms with Crippen LogP contribution in [0.1, 0.15) is 38.1 Å². The number of esters is 1. The number of thiazole rings is 1. The van der Waals surface area contributed by atoms with Crippen LogP contribution < -0.4 is 9.64 Å². The SMILES string of the molecule is COC(=O)c1sc(N2C(=O)C(=O)/C(=C(/O)c3ccc(OC)c(C)c3)[C@@H]2c2cccc(F)c2)nc1C. The van der Waals surface area contributed by atoms with Gasteiger partial charge in [0.15, 0.2) is 5.13 Å². The number of halogens is 1. The van der Waals surface area contributed by atoms with Crippen LogP contribution in [0.5, 0.6) is 5.75 Å². The summed E-state index contributed by atoms with van der Waals surface area (Å²) < 4.78 is 24.2. The smallest absolute Gasteiger partial charge is 0.350 e. The van der Waals surface area contributed by atoms with Gasteiger partial charge in [0.25, 0.3) is 5.78 Å². The number of amides is 1. The number of aliphatic hydroxyl groups excluding tert-OH is 1. The second kappa shape index (κ2) is 9.30. The number of Topliss-reactive ketones (excluding diaryl/α,β-unsaturated/α-hetero) is 1. The highest BCUT2D eigenvalue weighted by Crippen LogP contribution is 2.44. The first kappa shape index (κ1) is 24.1. The third-order valence-electron chi connectivity index (χ3n) is 5.64. The maximum Gasteiger partial charge on any atom is 0.350 e. The summed E-state index contributed by atoms with van der Waals surface area (Å²) >= 11 is 0.868. The van der Waals surface area contributed by atoms with E-state index in [2.05, 4.69) is 4.98 Å². The minimum absolute atomic E-state index is 0.0456. The summed E-state index contributed by atoms with van der Waals surface area (Å²) in [5.41, 5.74) is 1.32. The zero-order chi connectivity index (χ0) is 25.4. The number of aryl methyl sites for hydroxylation is 2. The molecule has 35 heavy (non-hydrogen) atoms. The molecule has 1 N–H and O–H groups in total. The van der Waals surface area contributed by atoms with Crippen molar-refractivity contribution in [3.8, 4) is 5.75 Å². The molecule has 2 heterocycles. The summed E-state index contributed by atoms with van der Waals surface area (Å²) in [5, 5.41) is 11.2. The Kier molecular flexibility index (Phi) is 6.40. The molecule has 1 amide bonds. The van der Waals surface area contributed by atoms with Crippen LogP contribution >= 0.6 is 11.3 Å². The second-order valence-electron chi connectivity index (χ2n) is 7.81. The molecule has 0 aliphatic carbocycles. The molecule has 1 fully saturated rings. The summed E-state index contributed by atoms with van der Waals surface area (Å²) in [4.78, 5) is 44.1. The molecule has 0 radical (unpaired) electrons. The zero-order valence-electron chi connectivity index (χ0n) is 19.3. The summed E-state index contributed by atoms with van der Waals surface area (Å²) in [5.74, 6) is -2.99. The number of methoxy groups -OCH3 is 2. The Bertz CT molecular complexity index is 1400. The minimum atomic E-state index is -1.18. The number of ketones is 1. The van der Waals surface area contributed by atoms with Crippen LogP contribution in [-0.4, -0.2) is 42.0 Å². The van der Waals surface area contributed by atoms with E-state index in [9.17, 15) is 23.9 Å². The lowest BCUT2D eigenvalue weighted by atomic mass is 9.95. The van der Waals surface area contributed by atoms with Crippen molar-refractivity contribution in [1.82, 2.24) is 4.98 Å². The highest BCUT2D eigenvalue weighted by Gasteiger charge is 2.48. The van der Waals surface area contributed by atoms with Gasteiger partial charge in [0.1, 0.15) is 22.2 Å². The van der Waals surface area contributed by atoms with Crippen LogP contribution in [0, 0.1) is 19.7 Å². The van der Waals surface area contributed by atoms with E-state index in [0.717, 1.165) is 16.2 Å².